The predicted molar refractivity (Wildman–Crippen MR) is 122 cm³/mol. The standard InChI is InChI=1S/C19H19N9O5S2/c1-33-24-11(14-23-19(20)35-25-14)15(29)22-12-16(30)28-13(18(31)32)9(7-34-17(12)28)5-26-6-10-3-2-4-21-27(10)8-26/h2-4,12,17H,5-8H2,1H3,(H3-,20,22,23,25,29,31,32)/p+1/b24-11+/t12-,17-/m0/s1. The fraction of sp³-hybridized carbons (Fsp3) is 0.368. The molecular formula is C19H20N9O5S2+. The fourth-order valence-corrected chi connectivity index (χ4v) is 5.93. The van der Waals surface area contributed by atoms with Crippen LogP contribution in [0.1, 0.15) is 11.5 Å². The molecule has 3 aliphatic heterocycles. The molecule has 0 saturated carbocycles. The second-order valence-electron chi connectivity index (χ2n) is 7.84. The number of nitrogens with one attached hydrogen (secondary N) is 1. The molecule has 182 valence electrons. The maximum Gasteiger partial charge on any atom is 0.352 e. The SMILES string of the molecule is CO/N=C(/C(=O)N[C@H]1C(=O)N2C(C(=O)O)=C(CN3Cc4cccn[n+]4C3)CS[C@@H]12)c1nsc(N)n1. The van der Waals surface area contributed by atoms with Crippen molar-refractivity contribution in [3.63, 3.8) is 0 Å². The lowest BCUT2D eigenvalue weighted by Crippen LogP contribution is -2.71. The molecule has 3 aliphatic rings. The van der Waals surface area contributed by atoms with Crippen molar-refractivity contribution in [2.75, 3.05) is 25.1 Å². The van der Waals surface area contributed by atoms with Gasteiger partial charge < -0.3 is 21.0 Å². The first-order valence-electron chi connectivity index (χ1n) is 10.3. The largest absolute Gasteiger partial charge is 0.477 e. The van der Waals surface area contributed by atoms with Gasteiger partial charge in [0.25, 0.3) is 11.8 Å². The summed E-state index contributed by atoms with van der Waals surface area (Å²) < 4.78 is 5.81. The average molecular weight is 519 g/mol. The highest BCUT2D eigenvalue weighted by molar-refractivity contribution is 8.00. The molecule has 35 heavy (non-hydrogen) atoms. The zero-order valence-corrected chi connectivity index (χ0v) is 20.0. The van der Waals surface area contributed by atoms with Crippen LogP contribution in [-0.2, 0) is 32.4 Å². The van der Waals surface area contributed by atoms with Gasteiger partial charge in [-0.15, -0.1) is 11.8 Å². The van der Waals surface area contributed by atoms with Gasteiger partial charge in [-0.25, -0.2) is 9.69 Å². The maximum absolute atomic E-state index is 13.0. The number of oxime groups is 1. The predicted octanol–water partition coefficient (Wildman–Crippen LogP) is -1.63. The number of hydrogen-bond donors (Lipinski definition) is 3. The number of aliphatic carboxylic acids is 1. The summed E-state index contributed by atoms with van der Waals surface area (Å²) in [5, 5.41) is 20.1. The van der Waals surface area contributed by atoms with E-state index in [9.17, 15) is 19.5 Å². The number of anilines is 1. The van der Waals surface area contributed by atoms with Gasteiger partial charge in [0.2, 0.25) is 23.9 Å². The number of carboxylic acids is 1. The zero-order valence-electron chi connectivity index (χ0n) is 18.3. The van der Waals surface area contributed by atoms with Crippen molar-refractivity contribution >= 4 is 51.9 Å². The lowest BCUT2D eigenvalue weighted by atomic mass is 10.0. The Bertz CT molecular complexity index is 1250. The molecule has 5 rings (SSSR count). The van der Waals surface area contributed by atoms with E-state index in [4.69, 9.17) is 10.6 Å². The molecule has 2 aromatic rings. The Morgan fingerprint density at radius 2 is 2.29 bits per heavy atom. The molecule has 5 heterocycles. The van der Waals surface area contributed by atoms with Gasteiger partial charge in [0, 0.05) is 29.9 Å². The normalized spacial score (nSPS) is 21.9. The molecule has 2 aromatic heterocycles. The van der Waals surface area contributed by atoms with Crippen LogP contribution in [-0.4, -0.2) is 83.7 Å². The summed E-state index contributed by atoms with van der Waals surface area (Å²) in [6.45, 7) is 1.54. The molecule has 1 saturated heterocycles. The topological polar surface area (TPSA) is 180 Å². The Morgan fingerprint density at radius 1 is 1.46 bits per heavy atom. The van der Waals surface area contributed by atoms with Crippen molar-refractivity contribution in [1.82, 2.24) is 29.6 Å². The first kappa shape index (κ1) is 23.1. The van der Waals surface area contributed by atoms with Crippen molar-refractivity contribution < 1.29 is 29.0 Å². The van der Waals surface area contributed by atoms with Gasteiger partial charge in [-0.3, -0.25) is 14.5 Å². The third kappa shape index (κ3) is 4.19. The molecule has 16 heteroatoms. The molecule has 4 N–H and O–H groups in total. The summed E-state index contributed by atoms with van der Waals surface area (Å²) in [6.07, 6.45) is 1.70. The molecule has 0 aliphatic carbocycles. The van der Waals surface area contributed by atoms with E-state index in [1.54, 1.807) is 6.20 Å². The van der Waals surface area contributed by atoms with Gasteiger partial charge in [-0.1, -0.05) is 9.84 Å². The van der Waals surface area contributed by atoms with Gasteiger partial charge in [0.1, 0.15) is 24.2 Å². The number of amides is 2. The van der Waals surface area contributed by atoms with Gasteiger partial charge in [0.15, 0.2) is 5.13 Å². The highest BCUT2D eigenvalue weighted by Crippen LogP contribution is 2.40. The molecule has 14 nitrogen and oxygen atoms in total. The summed E-state index contributed by atoms with van der Waals surface area (Å²) in [5.74, 6) is -2.06. The van der Waals surface area contributed by atoms with Crippen LogP contribution in [0.4, 0.5) is 5.13 Å². The number of carboxylic acid groups (broad SMARTS) is 1. The Hall–Kier alpha value is -3.63. The van der Waals surface area contributed by atoms with E-state index in [0.717, 1.165) is 17.2 Å². The number of aromatic nitrogens is 4. The van der Waals surface area contributed by atoms with Crippen molar-refractivity contribution in [3.05, 3.63) is 41.1 Å². The first-order valence-corrected chi connectivity index (χ1v) is 12.2. The number of nitrogens with zero attached hydrogens (tertiary/aromatic N) is 7. The zero-order chi connectivity index (χ0) is 24.7. The Kier molecular flexibility index (Phi) is 6.08. The summed E-state index contributed by atoms with van der Waals surface area (Å²) in [7, 11) is 1.26. The van der Waals surface area contributed by atoms with E-state index in [1.165, 1.54) is 23.8 Å². The smallest absolute Gasteiger partial charge is 0.352 e. The minimum atomic E-state index is -1.19. The number of nitrogen functional groups attached to an aromatic ring is 1. The fourth-order valence-electron chi connectivity index (χ4n) is 4.16. The van der Waals surface area contributed by atoms with Gasteiger partial charge in [-0.05, 0) is 16.7 Å². The van der Waals surface area contributed by atoms with E-state index >= 15 is 0 Å². The second kappa shape index (κ2) is 9.20. The lowest BCUT2D eigenvalue weighted by Gasteiger charge is -2.49. The van der Waals surface area contributed by atoms with Crippen LogP contribution in [0, 0.1) is 0 Å². The molecular weight excluding hydrogens is 498 g/mol. The van der Waals surface area contributed by atoms with Crippen LogP contribution < -0.4 is 15.7 Å². The van der Waals surface area contributed by atoms with E-state index in [0.29, 0.717) is 31.1 Å². The van der Waals surface area contributed by atoms with Crippen molar-refractivity contribution in [1.29, 1.82) is 0 Å². The van der Waals surface area contributed by atoms with E-state index in [1.807, 2.05) is 16.8 Å². The third-order valence-corrected chi connectivity index (χ3v) is 7.52. The Balaban J connectivity index is 1.31. The highest BCUT2D eigenvalue weighted by atomic mass is 32.2. The number of β-lactam (4-membered cyclic amide) rings is 1. The van der Waals surface area contributed by atoms with E-state index in [2.05, 4.69) is 29.8 Å². The van der Waals surface area contributed by atoms with Crippen LogP contribution in [0.2, 0.25) is 0 Å². The number of carbonyl (C=O) groups is 3. The first-order chi connectivity index (χ1) is 16.9. The molecule has 2 atom stereocenters. The quantitative estimate of drug-likeness (QED) is 0.166. The van der Waals surface area contributed by atoms with Crippen LogP contribution in [0.3, 0.4) is 0 Å². The van der Waals surface area contributed by atoms with Crippen LogP contribution in [0.5, 0.6) is 0 Å². The lowest BCUT2D eigenvalue weighted by molar-refractivity contribution is -0.758. The minimum Gasteiger partial charge on any atom is -0.477 e. The summed E-state index contributed by atoms with van der Waals surface area (Å²) in [6, 6.07) is 2.89. The van der Waals surface area contributed by atoms with E-state index in [-0.39, 0.29) is 22.4 Å². The van der Waals surface area contributed by atoms with Crippen LogP contribution in [0.25, 0.3) is 0 Å². The van der Waals surface area contributed by atoms with Crippen molar-refractivity contribution in [3.8, 4) is 0 Å². The maximum atomic E-state index is 13.0. The Morgan fingerprint density at radius 3 is 2.97 bits per heavy atom. The highest BCUT2D eigenvalue weighted by Gasteiger charge is 2.54. The number of fused-ring (bicyclic) bond motifs is 2. The van der Waals surface area contributed by atoms with E-state index < -0.39 is 29.2 Å². The monoisotopic (exact) mass is 518 g/mol. The van der Waals surface area contributed by atoms with Crippen LogP contribution >= 0.6 is 23.3 Å². The van der Waals surface area contributed by atoms with Gasteiger partial charge >= 0.3 is 5.97 Å². The van der Waals surface area contributed by atoms with Gasteiger partial charge in [-0.2, -0.15) is 9.36 Å². The Labute approximate surface area is 206 Å². The van der Waals surface area contributed by atoms with Crippen LogP contribution in [0.15, 0.2) is 34.8 Å². The van der Waals surface area contributed by atoms with Gasteiger partial charge in [0.05, 0.1) is 12.7 Å². The number of carbonyl (C=O) groups excluding carboxylic acids is 2. The number of rotatable bonds is 7. The minimum absolute atomic E-state index is 0.0286. The number of hydrogen-bond acceptors (Lipinski definition) is 12. The third-order valence-electron chi connectivity index (χ3n) is 5.63. The number of nitrogens with two attached hydrogens (primary N) is 1. The molecule has 0 radical (unpaired) electrons. The second-order valence-corrected chi connectivity index (χ2v) is 9.73. The number of thioether (sulfide) groups is 1. The molecule has 0 spiro atoms. The molecule has 0 bridgehead atoms. The molecule has 2 amide bonds. The average Bonchev–Trinajstić information content (AvgIpc) is 3.45. The molecule has 0 unspecified atom stereocenters. The van der Waals surface area contributed by atoms with Crippen molar-refractivity contribution in [2.24, 2.45) is 5.16 Å². The molecule has 1 fully saturated rings. The van der Waals surface area contributed by atoms with Crippen molar-refractivity contribution in [2.45, 2.75) is 24.6 Å². The molecule has 0 aromatic carbocycles. The summed E-state index contributed by atoms with van der Waals surface area (Å²) >= 11 is 2.27. The summed E-state index contributed by atoms with van der Waals surface area (Å²) in [4.78, 5) is 49.9. The summed E-state index contributed by atoms with van der Waals surface area (Å²) in [5.41, 5.74) is 6.97.